The van der Waals surface area contributed by atoms with Crippen molar-refractivity contribution in [3.8, 4) is 11.5 Å². The number of carbonyl (C=O) groups excluding carboxylic acids is 1. The smallest absolute Gasteiger partial charge is 0.377 e. The summed E-state index contributed by atoms with van der Waals surface area (Å²) < 4.78 is 31.0. The van der Waals surface area contributed by atoms with Crippen molar-refractivity contribution in [1.82, 2.24) is 0 Å². The third kappa shape index (κ3) is 3.35. The Bertz CT molecular complexity index is 731. The topological polar surface area (TPSA) is 63.6 Å². The first-order valence-corrected chi connectivity index (χ1v) is 5.96. The summed E-state index contributed by atoms with van der Waals surface area (Å²) in [6.07, 6.45) is 0. The Morgan fingerprint density at radius 1 is 1.00 bits per heavy atom. The van der Waals surface area contributed by atoms with Crippen LogP contribution in [0.4, 0.5) is 8.78 Å². The van der Waals surface area contributed by atoms with Gasteiger partial charge in [-0.05, 0) is 24.3 Å². The molecule has 0 aliphatic carbocycles. The molecule has 0 saturated carbocycles. The molecule has 21 heavy (non-hydrogen) atoms. The first kappa shape index (κ1) is 14.9. The van der Waals surface area contributed by atoms with Gasteiger partial charge in [-0.15, -0.1) is 0 Å². The number of aliphatic carboxylic acids is 1. The molecule has 0 saturated heterocycles. The Balaban J connectivity index is 2.26. The summed E-state index contributed by atoms with van der Waals surface area (Å²) in [7, 11) is 0. The van der Waals surface area contributed by atoms with Crippen LogP contribution in [0.1, 0.15) is 10.4 Å². The van der Waals surface area contributed by atoms with Crippen LogP contribution in [-0.4, -0.2) is 16.9 Å². The molecule has 0 aliphatic heterocycles. The van der Waals surface area contributed by atoms with Crippen LogP contribution in [0.25, 0.3) is 0 Å². The van der Waals surface area contributed by atoms with E-state index < -0.39 is 23.4 Å². The summed E-state index contributed by atoms with van der Waals surface area (Å²) in [5, 5.41) is 8.48. The van der Waals surface area contributed by atoms with Crippen molar-refractivity contribution in [3.05, 3.63) is 58.6 Å². The summed E-state index contributed by atoms with van der Waals surface area (Å²) in [6, 6.07) is 6.63. The third-order valence-electron chi connectivity index (χ3n) is 2.51. The molecule has 0 atom stereocenters. The van der Waals surface area contributed by atoms with Crippen molar-refractivity contribution in [2.75, 3.05) is 0 Å². The second-order valence-corrected chi connectivity index (χ2v) is 4.36. The SMILES string of the molecule is O=C(O)C(=O)c1ccc(Oc2ccc(F)c(F)c2)cc1Cl. The lowest BCUT2D eigenvalue weighted by molar-refractivity contribution is -0.131. The Hall–Kier alpha value is -2.47. The van der Waals surface area contributed by atoms with Gasteiger partial charge in [0.25, 0.3) is 5.78 Å². The van der Waals surface area contributed by atoms with Gasteiger partial charge in [-0.25, -0.2) is 13.6 Å². The lowest BCUT2D eigenvalue weighted by Gasteiger charge is -2.08. The van der Waals surface area contributed by atoms with E-state index in [-0.39, 0.29) is 22.1 Å². The van der Waals surface area contributed by atoms with Crippen molar-refractivity contribution in [1.29, 1.82) is 0 Å². The van der Waals surface area contributed by atoms with Crippen LogP contribution < -0.4 is 4.74 Å². The minimum Gasteiger partial charge on any atom is -0.475 e. The van der Waals surface area contributed by atoms with Gasteiger partial charge in [0.15, 0.2) is 11.6 Å². The lowest BCUT2D eigenvalue weighted by atomic mass is 10.1. The first-order chi connectivity index (χ1) is 9.88. The number of halogens is 3. The van der Waals surface area contributed by atoms with Crippen molar-refractivity contribution < 1.29 is 28.2 Å². The molecule has 1 N–H and O–H groups in total. The summed E-state index contributed by atoms with van der Waals surface area (Å²) in [4.78, 5) is 21.9. The summed E-state index contributed by atoms with van der Waals surface area (Å²) >= 11 is 5.79. The highest BCUT2D eigenvalue weighted by molar-refractivity contribution is 6.45. The van der Waals surface area contributed by atoms with Gasteiger partial charge in [0.1, 0.15) is 11.5 Å². The van der Waals surface area contributed by atoms with Crippen molar-refractivity contribution in [2.24, 2.45) is 0 Å². The van der Waals surface area contributed by atoms with E-state index in [1.165, 1.54) is 24.3 Å². The molecule has 0 aliphatic rings. The quantitative estimate of drug-likeness (QED) is 0.691. The van der Waals surface area contributed by atoms with Gasteiger partial charge in [-0.1, -0.05) is 11.6 Å². The van der Waals surface area contributed by atoms with Gasteiger partial charge >= 0.3 is 5.97 Å². The van der Waals surface area contributed by atoms with E-state index in [9.17, 15) is 18.4 Å². The Morgan fingerprint density at radius 2 is 1.62 bits per heavy atom. The van der Waals surface area contributed by atoms with Crippen LogP contribution >= 0.6 is 11.6 Å². The molecule has 0 radical (unpaired) electrons. The highest BCUT2D eigenvalue weighted by Gasteiger charge is 2.18. The number of hydrogen-bond acceptors (Lipinski definition) is 3. The molecule has 7 heteroatoms. The zero-order chi connectivity index (χ0) is 15.6. The van der Waals surface area contributed by atoms with Crippen LogP contribution in [0.3, 0.4) is 0 Å². The summed E-state index contributed by atoms with van der Waals surface area (Å²) in [5.74, 6) is -4.69. The van der Waals surface area contributed by atoms with Gasteiger partial charge in [0, 0.05) is 17.7 Å². The lowest BCUT2D eigenvalue weighted by Crippen LogP contribution is -2.13. The molecule has 2 aromatic carbocycles. The molecular weight excluding hydrogens is 306 g/mol. The van der Waals surface area contributed by atoms with E-state index in [1.54, 1.807) is 0 Å². The van der Waals surface area contributed by atoms with E-state index in [1.807, 2.05) is 0 Å². The number of carboxylic acid groups (broad SMARTS) is 1. The average Bonchev–Trinajstić information content (AvgIpc) is 2.42. The Labute approximate surface area is 122 Å². The molecule has 0 fully saturated rings. The average molecular weight is 313 g/mol. The fraction of sp³-hybridized carbons (Fsp3) is 0. The van der Waals surface area contributed by atoms with E-state index in [0.29, 0.717) is 0 Å². The standard InChI is InChI=1S/C14H7ClF2O4/c15-10-5-7(1-3-9(10)13(18)14(19)20)21-8-2-4-11(16)12(17)6-8/h1-6H,(H,19,20). The molecule has 0 heterocycles. The maximum atomic E-state index is 13.0. The van der Waals surface area contributed by atoms with Crippen LogP contribution in [0.15, 0.2) is 36.4 Å². The maximum Gasteiger partial charge on any atom is 0.377 e. The summed E-state index contributed by atoms with van der Waals surface area (Å²) in [6.45, 7) is 0. The monoisotopic (exact) mass is 312 g/mol. The van der Waals surface area contributed by atoms with Crippen molar-refractivity contribution in [3.63, 3.8) is 0 Å². The highest BCUT2D eigenvalue weighted by Crippen LogP contribution is 2.28. The molecule has 0 aromatic heterocycles. The number of ketones is 1. The second kappa shape index (κ2) is 5.88. The fourth-order valence-electron chi connectivity index (χ4n) is 1.54. The predicted molar refractivity (Wildman–Crippen MR) is 69.9 cm³/mol. The molecule has 108 valence electrons. The summed E-state index contributed by atoms with van der Waals surface area (Å²) in [5.41, 5.74) is -0.193. The third-order valence-corrected chi connectivity index (χ3v) is 2.82. The molecule has 0 bridgehead atoms. The molecule has 2 aromatic rings. The van der Waals surface area contributed by atoms with Crippen molar-refractivity contribution in [2.45, 2.75) is 0 Å². The van der Waals surface area contributed by atoms with Crippen molar-refractivity contribution >= 4 is 23.4 Å². The van der Waals surface area contributed by atoms with Gasteiger partial charge in [0.05, 0.1) is 5.02 Å². The minimum absolute atomic E-state index is 0.0299. The van der Waals surface area contributed by atoms with E-state index >= 15 is 0 Å². The Kier molecular flexibility index (Phi) is 4.18. The first-order valence-electron chi connectivity index (χ1n) is 5.58. The highest BCUT2D eigenvalue weighted by atomic mass is 35.5. The molecular formula is C14H7ClF2O4. The zero-order valence-electron chi connectivity index (χ0n) is 10.3. The van der Waals surface area contributed by atoms with Gasteiger partial charge < -0.3 is 9.84 Å². The van der Waals surface area contributed by atoms with E-state index in [2.05, 4.69) is 0 Å². The van der Waals surface area contributed by atoms with Crippen LogP contribution in [-0.2, 0) is 4.79 Å². The van der Waals surface area contributed by atoms with E-state index in [4.69, 9.17) is 21.4 Å². The van der Waals surface area contributed by atoms with Crippen LogP contribution in [0, 0.1) is 11.6 Å². The number of Topliss-reactive ketones (excluding diaryl/α,β-unsaturated/α-hetero) is 1. The largest absolute Gasteiger partial charge is 0.475 e. The zero-order valence-corrected chi connectivity index (χ0v) is 11.0. The van der Waals surface area contributed by atoms with Crippen LogP contribution in [0.5, 0.6) is 11.5 Å². The van der Waals surface area contributed by atoms with E-state index in [0.717, 1.165) is 12.1 Å². The second-order valence-electron chi connectivity index (χ2n) is 3.95. The van der Waals surface area contributed by atoms with Crippen LogP contribution in [0.2, 0.25) is 5.02 Å². The molecule has 4 nitrogen and oxygen atoms in total. The normalized spacial score (nSPS) is 10.2. The Morgan fingerprint density at radius 3 is 2.19 bits per heavy atom. The van der Waals surface area contributed by atoms with Gasteiger partial charge in [-0.2, -0.15) is 0 Å². The molecule has 0 unspecified atom stereocenters. The number of hydrogen-bond donors (Lipinski definition) is 1. The number of ether oxygens (including phenoxy) is 1. The molecule has 0 spiro atoms. The number of carbonyl (C=O) groups is 2. The number of rotatable bonds is 4. The molecule has 0 amide bonds. The predicted octanol–water partition coefficient (Wildman–Crippen LogP) is 3.68. The number of benzene rings is 2. The maximum absolute atomic E-state index is 13.0. The number of carboxylic acids is 1. The van der Waals surface area contributed by atoms with Gasteiger partial charge in [0.2, 0.25) is 0 Å². The fourth-order valence-corrected chi connectivity index (χ4v) is 1.79. The van der Waals surface area contributed by atoms with Gasteiger partial charge in [-0.3, -0.25) is 4.79 Å². The minimum atomic E-state index is -1.63. The molecule has 2 rings (SSSR count).